The fourth-order valence-corrected chi connectivity index (χ4v) is 3.01. The lowest BCUT2D eigenvalue weighted by Crippen LogP contribution is -2.15. The molecule has 0 aromatic heterocycles. The van der Waals surface area contributed by atoms with Crippen LogP contribution in [0.5, 0.6) is 0 Å². The van der Waals surface area contributed by atoms with Crippen LogP contribution in [0.15, 0.2) is 11.6 Å². The van der Waals surface area contributed by atoms with Crippen LogP contribution < -0.4 is 5.32 Å². The quantitative estimate of drug-likeness (QED) is 0.485. The van der Waals surface area contributed by atoms with Gasteiger partial charge >= 0.3 is 0 Å². The predicted molar refractivity (Wildman–Crippen MR) is 75.1 cm³/mol. The maximum absolute atomic E-state index is 11.5. The second kappa shape index (κ2) is 9.66. The number of nitrogens with one attached hydrogen (secondary N) is 1. The molecule has 0 saturated heterocycles. The van der Waals surface area contributed by atoms with Crippen LogP contribution >= 0.6 is 0 Å². The maximum atomic E-state index is 11.5. The fraction of sp³-hybridized carbons (Fsp3) is 0.846. The summed E-state index contributed by atoms with van der Waals surface area (Å²) in [6.07, 6.45) is 5.67. The Balaban J connectivity index is 3.77. The van der Waals surface area contributed by atoms with Gasteiger partial charge in [0.25, 0.3) is 0 Å². The molecule has 0 aliphatic carbocycles. The second-order valence-electron chi connectivity index (χ2n) is 4.49. The van der Waals surface area contributed by atoms with Gasteiger partial charge in [-0.3, -0.25) is 0 Å². The van der Waals surface area contributed by atoms with E-state index >= 15 is 0 Å². The van der Waals surface area contributed by atoms with E-state index in [1.165, 1.54) is 5.57 Å². The molecule has 0 aromatic carbocycles. The molecule has 0 bridgehead atoms. The van der Waals surface area contributed by atoms with Crippen LogP contribution in [0.2, 0.25) is 0 Å². The van der Waals surface area contributed by atoms with E-state index in [1.54, 1.807) is 0 Å². The third kappa shape index (κ3) is 10.5. The zero-order valence-corrected chi connectivity index (χ0v) is 12.3. The molecule has 0 fully saturated rings. The zero-order valence-electron chi connectivity index (χ0n) is 11.5. The summed E-state index contributed by atoms with van der Waals surface area (Å²) < 4.78 is 23.0. The van der Waals surface area contributed by atoms with Crippen molar-refractivity contribution in [3.63, 3.8) is 0 Å². The molecule has 102 valence electrons. The summed E-state index contributed by atoms with van der Waals surface area (Å²) in [6, 6.07) is 0. The van der Waals surface area contributed by atoms with E-state index in [0.29, 0.717) is 24.3 Å². The van der Waals surface area contributed by atoms with Crippen molar-refractivity contribution in [2.45, 2.75) is 46.5 Å². The first-order valence-corrected chi connectivity index (χ1v) is 8.40. The summed E-state index contributed by atoms with van der Waals surface area (Å²) in [5.74, 6) is 0.615. The van der Waals surface area contributed by atoms with Crippen molar-refractivity contribution in [3.05, 3.63) is 11.6 Å². The highest BCUT2D eigenvalue weighted by molar-refractivity contribution is 7.91. The van der Waals surface area contributed by atoms with Crippen LogP contribution in [0.25, 0.3) is 0 Å². The molecule has 0 rings (SSSR count). The van der Waals surface area contributed by atoms with Gasteiger partial charge in [-0.2, -0.15) is 0 Å². The third-order valence-corrected chi connectivity index (χ3v) is 4.42. The van der Waals surface area contributed by atoms with E-state index in [0.717, 1.165) is 25.9 Å². The molecule has 0 saturated carbocycles. The second-order valence-corrected chi connectivity index (χ2v) is 6.79. The Morgan fingerprint density at radius 1 is 1.12 bits per heavy atom. The van der Waals surface area contributed by atoms with Gasteiger partial charge in [0, 0.05) is 5.75 Å². The molecular formula is C13H27NO2S. The van der Waals surface area contributed by atoms with Crippen molar-refractivity contribution in [2.75, 3.05) is 24.6 Å². The average molecular weight is 261 g/mol. The third-order valence-electron chi connectivity index (χ3n) is 2.56. The van der Waals surface area contributed by atoms with Gasteiger partial charge < -0.3 is 5.32 Å². The van der Waals surface area contributed by atoms with E-state index in [2.05, 4.69) is 18.3 Å². The van der Waals surface area contributed by atoms with Crippen LogP contribution in [-0.2, 0) is 9.84 Å². The van der Waals surface area contributed by atoms with Crippen molar-refractivity contribution in [3.8, 4) is 0 Å². The Morgan fingerprint density at radius 2 is 1.82 bits per heavy atom. The summed E-state index contributed by atoms with van der Waals surface area (Å²) in [6.45, 7) is 8.10. The van der Waals surface area contributed by atoms with E-state index in [-0.39, 0.29) is 0 Å². The number of allylic oxidation sites excluding steroid dienone is 1. The SMILES string of the molecule is CCCNCC/C=C(/C)CCS(=O)(=O)CCC. The highest BCUT2D eigenvalue weighted by atomic mass is 32.2. The Bertz CT molecular complexity index is 307. The molecular weight excluding hydrogens is 234 g/mol. The number of sulfone groups is 1. The minimum absolute atomic E-state index is 0.297. The summed E-state index contributed by atoms with van der Waals surface area (Å²) in [5, 5.41) is 3.32. The van der Waals surface area contributed by atoms with E-state index < -0.39 is 9.84 Å². The molecule has 3 nitrogen and oxygen atoms in total. The lowest BCUT2D eigenvalue weighted by Gasteiger charge is -2.04. The molecule has 0 aliphatic heterocycles. The van der Waals surface area contributed by atoms with Gasteiger partial charge in [-0.25, -0.2) is 8.42 Å². The summed E-state index contributed by atoms with van der Waals surface area (Å²) in [4.78, 5) is 0. The molecule has 4 heteroatoms. The largest absolute Gasteiger partial charge is 0.316 e. The highest BCUT2D eigenvalue weighted by Crippen LogP contribution is 2.05. The molecule has 0 amide bonds. The summed E-state index contributed by atoms with van der Waals surface area (Å²) >= 11 is 0. The highest BCUT2D eigenvalue weighted by Gasteiger charge is 2.08. The lowest BCUT2D eigenvalue weighted by atomic mass is 10.2. The van der Waals surface area contributed by atoms with Gasteiger partial charge in [0.2, 0.25) is 0 Å². The molecule has 0 radical (unpaired) electrons. The lowest BCUT2D eigenvalue weighted by molar-refractivity contribution is 0.593. The van der Waals surface area contributed by atoms with Crippen LogP contribution in [0, 0.1) is 0 Å². The first kappa shape index (κ1) is 16.6. The number of hydrogen-bond acceptors (Lipinski definition) is 3. The minimum atomic E-state index is -2.82. The molecule has 0 atom stereocenters. The van der Waals surface area contributed by atoms with Gasteiger partial charge in [-0.15, -0.1) is 0 Å². The van der Waals surface area contributed by atoms with E-state index in [9.17, 15) is 8.42 Å². The standard InChI is InChI=1S/C13H27NO2S/c1-4-9-14-10-6-7-13(3)8-12-17(15,16)11-5-2/h7,14H,4-6,8-12H2,1-3H3/b13-7-. The van der Waals surface area contributed by atoms with Crippen molar-refractivity contribution in [1.29, 1.82) is 0 Å². The van der Waals surface area contributed by atoms with Crippen molar-refractivity contribution in [2.24, 2.45) is 0 Å². The summed E-state index contributed by atoms with van der Waals surface area (Å²) in [5.41, 5.74) is 1.18. The van der Waals surface area contributed by atoms with Crippen molar-refractivity contribution in [1.82, 2.24) is 5.32 Å². The summed E-state index contributed by atoms with van der Waals surface area (Å²) in [7, 11) is -2.82. The molecule has 0 unspecified atom stereocenters. The molecule has 0 aliphatic rings. The van der Waals surface area contributed by atoms with E-state index in [1.807, 2.05) is 13.8 Å². The Hall–Kier alpha value is -0.350. The van der Waals surface area contributed by atoms with Crippen molar-refractivity contribution >= 4 is 9.84 Å². The molecule has 0 spiro atoms. The Labute approximate surface area is 107 Å². The molecule has 17 heavy (non-hydrogen) atoms. The fourth-order valence-electron chi connectivity index (χ4n) is 1.55. The predicted octanol–water partition coefficient (Wildman–Crippen LogP) is 2.54. The minimum Gasteiger partial charge on any atom is -0.316 e. The topological polar surface area (TPSA) is 46.2 Å². The normalized spacial score (nSPS) is 13.0. The average Bonchev–Trinajstić information content (AvgIpc) is 2.26. The number of rotatable bonds is 10. The Morgan fingerprint density at radius 3 is 2.41 bits per heavy atom. The maximum Gasteiger partial charge on any atom is 0.150 e. The van der Waals surface area contributed by atoms with Gasteiger partial charge in [0.15, 0.2) is 9.84 Å². The first-order valence-electron chi connectivity index (χ1n) is 6.58. The molecule has 1 N–H and O–H groups in total. The number of hydrogen-bond donors (Lipinski definition) is 1. The van der Waals surface area contributed by atoms with Crippen LogP contribution in [-0.4, -0.2) is 33.0 Å². The van der Waals surface area contributed by atoms with Crippen LogP contribution in [0.3, 0.4) is 0 Å². The van der Waals surface area contributed by atoms with Gasteiger partial charge in [0.1, 0.15) is 0 Å². The van der Waals surface area contributed by atoms with Crippen molar-refractivity contribution < 1.29 is 8.42 Å². The zero-order chi connectivity index (χ0) is 13.1. The van der Waals surface area contributed by atoms with Gasteiger partial charge in [-0.1, -0.05) is 25.5 Å². The van der Waals surface area contributed by atoms with Crippen LogP contribution in [0.1, 0.15) is 46.5 Å². The van der Waals surface area contributed by atoms with Gasteiger partial charge in [0.05, 0.1) is 5.75 Å². The molecule has 0 heterocycles. The molecule has 0 aromatic rings. The smallest absolute Gasteiger partial charge is 0.150 e. The Kier molecular flexibility index (Phi) is 9.46. The monoisotopic (exact) mass is 261 g/mol. The van der Waals surface area contributed by atoms with E-state index in [4.69, 9.17) is 0 Å². The van der Waals surface area contributed by atoms with Crippen LogP contribution in [0.4, 0.5) is 0 Å². The first-order chi connectivity index (χ1) is 8.02. The van der Waals surface area contributed by atoms with Gasteiger partial charge in [-0.05, 0) is 45.7 Å².